The normalized spacial score (nSPS) is 10.0. The van der Waals surface area contributed by atoms with Gasteiger partial charge in [0.25, 0.3) is 0 Å². The second kappa shape index (κ2) is 4.23. The molecule has 0 aliphatic heterocycles. The van der Waals surface area contributed by atoms with Crippen LogP contribution in [0.2, 0.25) is 5.15 Å². The lowest BCUT2D eigenvalue weighted by atomic mass is 10.3. The summed E-state index contributed by atoms with van der Waals surface area (Å²) >= 11 is 5.73. The van der Waals surface area contributed by atoms with E-state index in [0.29, 0.717) is 11.0 Å². The Morgan fingerprint density at radius 2 is 1.93 bits per heavy atom. The summed E-state index contributed by atoms with van der Waals surface area (Å²) in [5.41, 5.74) is 1.13. The lowest BCUT2D eigenvalue weighted by molar-refractivity contribution is 1.15. The minimum absolute atomic E-state index is 0.403. The van der Waals surface area contributed by atoms with Gasteiger partial charge in [-0.2, -0.15) is 0 Å². The van der Waals surface area contributed by atoms with E-state index in [1.165, 1.54) is 6.33 Å². The summed E-state index contributed by atoms with van der Waals surface area (Å²) in [4.78, 5) is 12.0. The molecule has 15 heavy (non-hydrogen) atoms. The van der Waals surface area contributed by atoms with E-state index < -0.39 is 0 Å². The molecule has 0 aliphatic carbocycles. The molecule has 2 aromatic rings. The quantitative estimate of drug-likeness (QED) is 0.791. The first kappa shape index (κ1) is 9.86. The highest BCUT2D eigenvalue weighted by Crippen LogP contribution is 2.14. The number of nitrogens with one attached hydrogen (secondary N) is 1. The number of aryl methyl sites for hydroxylation is 1. The molecule has 0 unspecified atom stereocenters. The summed E-state index contributed by atoms with van der Waals surface area (Å²) in [7, 11) is 0. The number of rotatable bonds is 2. The number of hydrogen-bond donors (Lipinski definition) is 1. The summed E-state index contributed by atoms with van der Waals surface area (Å²) in [6.45, 7) is 2.00. The van der Waals surface area contributed by atoms with Crippen molar-refractivity contribution in [3.63, 3.8) is 0 Å². The molecule has 0 amide bonds. The zero-order chi connectivity index (χ0) is 10.7. The van der Waals surface area contributed by atoms with E-state index in [2.05, 4.69) is 20.3 Å². The second-order valence-corrected chi connectivity index (χ2v) is 3.46. The third-order valence-corrected chi connectivity index (χ3v) is 2.01. The predicted octanol–water partition coefficient (Wildman–Crippen LogP) is 2.58. The highest BCUT2D eigenvalue weighted by atomic mass is 35.5. The highest BCUT2D eigenvalue weighted by molar-refractivity contribution is 6.29. The number of anilines is 2. The Bertz CT molecular complexity index is 429. The van der Waals surface area contributed by atoms with Gasteiger partial charge in [-0.1, -0.05) is 11.6 Å². The second-order valence-electron chi connectivity index (χ2n) is 3.07. The van der Waals surface area contributed by atoms with Gasteiger partial charge < -0.3 is 5.32 Å². The van der Waals surface area contributed by atoms with E-state index in [0.717, 1.165) is 11.4 Å². The monoisotopic (exact) mass is 220 g/mol. The van der Waals surface area contributed by atoms with E-state index in [1.807, 2.05) is 19.1 Å². The van der Waals surface area contributed by atoms with Gasteiger partial charge in [0.15, 0.2) is 0 Å². The average Bonchev–Trinajstić information content (AvgIpc) is 2.17. The Labute approximate surface area is 92.4 Å². The maximum atomic E-state index is 5.73. The zero-order valence-electron chi connectivity index (χ0n) is 8.11. The fraction of sp³-hybridized carbons (Fsp3) is 0.100. The van der Waals surface area contributed by atoms with E-state index in [-0.39, 0.29) is 0 Å². The molecule has 0 aromatic carbocycles. The van der Waals surface area contributed by atoms with Crippen molar-refractivity contribution in [1.29, 1.82) is 0 Å². The van der Waals surface area contributed by atoms with Crippen molar-refractivity contribution in [2.75, 3.05) is 5.32 Å². The Morgan fingerprint density at radius 1 is 1.13 bits per heavy atom. The van der Waals surface area contributed by atoms with Crippen LogP contribution in [0.3, 0.4) is 0 Å². The van der Waals surface area contributed by atoms with Crippen LogP contribution in [0.25, 0.3) is 0 Å². The number of halogens is 1. The Balaban J connectivity index is 2.22. The van der Waals surface area contributed by atoms with Crippen molar-refractivity contribution >= 4 is 23.2 Å². The van der Waals surface area contributed by atoms with Gasteiger partial charge in [-0.15, -0.1) is 0 Å². The summed E-state index contributed by atoms with van der Waals surface area (Å²) in [5.74, 6) is 1.37. The predicted molar refractivity (Wildman–Crippen MR) is 59.3 cm³/mol. The molecular weight excluding hydrogens is 212 g/mol. The van der Waals surface area contributed by atoms with E-state index in [4.69, 9.17) is 11.6 Å². The summed E-state index contributed by atoms with van der Waals surface area (Å²) < 4.78 is 0. The fourth-order valence-electron chi connectivity index (χ4n) is 1.14. The summed E-state index contributed by atoms with van der Waals surface area (Å²) in [6.07, 6.45) is 3.14. The first-order valence-electron chi connectivity index (χ1n) is 4.41. The zero-order valence-corrected chi connectivity index (χ0v) is 8.86. The summed E-state index contributed by atoms with van der Waals surface area (Å²) in [5, 5.41) is 3.44. The third kappa shape index (κ3) is 2.63. The van der Waals surface area contributed by atoms with Gasteiger partial charge in [0.2, 0.25) is 0 Å². The molecule has 0 bridgehead atoms. The van der Waals surface area contributed by atoms with Crippen LogP contribution in [0.4, 0.5) is 11.6 Å². The lowest BCUT2D eigenvalue weighted by Crippen LogP contribution is -1.96. The van der Waals surface area contributed by atoms with Gasteiger partial charge >= 0.3 is 0 Å². The van der Waals surface area contributed by atoms with E-state index >= 15 is 0 Å². The van der Waals surface area contributed by atoms with Crippen molar-refractivity contribution in [3.05, 3.63) is 41.4 Å². The molecule has 76 valence electrons. The molecule has 5 heteroatoms. The average molecular weight is 221 g/mol. The number of pyridine rings is 1. The van der Waals surface area contributed by atoms with Crippen LogP contribution < -0.4 is 5.32 Å². The largest absolute Gasteiger partial charge is 0.325 e. The number of aromatic nitrogens is 3. The van der Waals surface area contributed by atoms with E-state index in [9.17, 15) is 0 Å². The topological polar surface area (TPSA) is 50.7 Å². The number of hydrogen-bond acceptors (Lipinski definition) is 4. The maximum Gasteiger partial charge on any atom is 0.136 e. The molecule has 0 saturated heterocycles. The molecule has 2 aromatic heterocycles. The van der Waals surface area contributed by atoms with Crippen LogP contribution in [0.5, 0.6) is 0 Å². The maximum absolute atomic E-state index is 5.73. The minimum atomic E-state index is 0.403. The minimum Gasteiger partial charge on any atom is -0.325 e. The van der Waals surface area contributed by atoms with Crippen LogP contribution in [-0.2, 0) is 0 Å². The van der Waals surface area contributed by atoms with Crippen molar-refractivity contribution in [3.8, 4) is 0 Å². The van der Waals surface area contributed by atoms with Crippen LogP contribution >= 0.6 is 11.6 Å². The van der Waals surface area contributed by atoms with Crippen molar-refractivity contribution in [2.45, 2.75) is 6.92 Å². The summed E-state index contributed by atoms with van der Waals surface area (Å²) in [6, 6.07) is 5.50. The van der Waals surface area contributed by atoms with Gasteiger partial charge in [-0.25, -0.2) is 15.0 Å². The molecule has 4 nitrogen and oxygen atoms in total. The van der Waals surface area contributed by atoms with Gasteiger partial charge in [-0.05, 0) is 24.6 Å². The lowest BCUT2D eigenvalue weighted by Gasteiger charge is -2.04. The molecule has 2 heterocycles. The van der Waals surface area contributed by atoms with Gasteiger partial charge in [0.1, 0.15) is 23.1 Å². The van der Waals surface area contributed by atoms with E-state index in [1.54, 1.807) is 12.3 Å². The SMILES string of the molecule is Cc1ccnc(Nc2cc(Cl)ncn2)c1. The molecule has 0 radical (unpaired) electrons. The van der Waals surface area contributed by atoms with Crippen LogP contribution in [0.15, 0.2) is 30.7 Å². The molecule has 2 rings (SSSR count). The standard InChI is InChI=1S/C10H9ClN4/c1-7-2-3-12-9(4-7)15-10-5-8(11)13-6-14-10/h2-6H,1H3,(H,12,13,14,15). The van der Waals surface area contributed by atoms with Crippen LogP contribution in [0.1, 0.15) is 5.56 Å². The molecule has 0 aliphatic rings. The van der Waals surface area contributed by atoms with Crippen molar-refractivity contribution < 1.29 is 0 Å². The Morgan fingerprint density at radius 3 is 2.67 bits per heavy atom. The fourth-order valence-corrected chi connectivity index (χ4v) is 1.28. The molecule has 1 N–H and O–H groups in total. The van der Waals surface area contributed by atoms with Crippen LogP contribution in [-0.4, -0.2) is 15.0 Å². The third-order valence-electron chi connectivity index (χ3n) is 1.81. The molecule has 0 spiro atoms. The number of nitrogens with zero attached hydrogens (tertiary/aromatic N) is 3. The molecule has 0 saturated carbocycles. The smallest absolute Gasteiger partial charge is 0.136 e. The van der Waals surface area contributed by atoms with Gasteiger partial charge in [0, 0.05) is 12.3 Å². The van der Waals surface area contributed by atoms with Gasteiger partial charge in [0.05, 0.1) is 0 Å². The molecule has 0 fully saturated rings. The molecular formula is C10H9ClN4. The van der Waals surface area contributed by atoms with Gasteiger partial charge in [-0.3, -0.25) is 0 Å². The first-order valence-corrected chi connectivity index (χ1v) is 4.79. The van der Waals surface area contributed by atoms with Crippen molar-refractivity contribution in [2.24, 2.45) is 0 Å². The molecule has 0 atom stereocenters. The van der Waals surface area contributed by atoms with Crippen LogP contribution in [0, 0.1) is 6.92 Å². The first-order chi connectivity index (χ1) is 7.24. The highest BCUT2D eigenvalue weighted by Gasteiger charge is 1.98. The van der Waals surface area contributed by atoms with Crippen molar-refractivity contribution in [1.82, 2.24) is 15.0 Å². The Hall–Kier alpha value is -1.68. The Kier molecular flexibility index (Phi) is 2.78.